The number of rotatable bonds is 2. The Morgan fingerprint density at radius 3 is 2.85 bits per heavy atom. The van der Waals surface area contributed by atoms with Gasteiger partial charge in [-0.15, -0.1) is 0 Å². The number of aromatic nitrogens is 1. The van der Waals surface area contributed by atoms with E-state index in [4.69, 9.17) is 13.6 Å². The highest BCUT2D eigenvalue weighted by atomic mass is 16.5. The summed E-state index contributed by atoms with van der Waals surface area (Å²) in [7, 11) is 1.64. The first kappa shape index (κ1) is 11.1. The summed E-state index contributed by atoms with van der Waals surface area (Å²) in [6.07, 6.45) is 1.69. The van der Waals surface area contributed by atoms with Crippen molar-refractivity contribution in [2.75, 3.05) is 7.11 Å². The van der Waals surface area contributed by atoms with E-state index in [9.17, 15) is 0 Å². The molecule has 98 valence electrons. The third-order valence-corrected chi connectivity index (χ3v) is 3.30. The maximum atomic E-state index is 5.75. The van der Waals surface area contributed by atoms with Crippen molar-refractivity contribution in [3.8, 4) is 17.4 Å². The van der Waals surface area contributed by atoms with Gasteiger partial charge in [0.1, 0.15) is 11.3 Å². The van der Waals surface area contributed by atoms with Gasteiger partial charge >= 0.3 is 0 Å². The van der Waals surface area contributed by atoms with Crippen LogP contribution in [-0.2, 0) is 0 Å². The second kappa shape index (κ2) is 4.13. The molecule has 2 aromatic carbocycles. The predicted octanol–water partition coefficient (Wildman–Crippen LogP) is 4.25. The first-order valence-electron chi connectivity index (χ1n) is 6.26. The van der Waals surface area contributed by atoms with E-state index in [1.165, 1.54) is 0 Å². The minimum atomic E-state index is 0.481. The van der Waals surface area contributed by atoms with Crippen LogP contribution in [0.15, 0.2) is 57.6 Å². The summed E-state index contributed by atoms with van der Waals surface area (Å²) in [6, 6.07) is 13.4. The molecule has 0 aliphatic rings. The number of methoxy groups -OCH3 is 1. The molecule has 0 fully saturated rings. The first-order valence-corrected chi connectivity index (χ1v) is 6.26. The van der Waals surface area contributed by atoms with Gasteiger partial charge in [0, 0.05) is 10.8 Å². The van der Waals surface area contributed by atoms with Crippen LogP contribution >= 0.6 is 0 Å². The van der Waals surface area contributed by atoms with Crippen LogP contribution in [0.3, 0.4) is 0 Å². The molecule has 4 heteroatoms. The fourth-order valence-corrected chi connectivity index (χ4v) is 2.28. The van der Waals surface area contributed by atoms with E-state index < -0.39 is 0 Å². The lowest BCUT2D eigenvalue weighted by atomic mass is 10.2. The second-order valence-corrected chi connectivity index (χ2v) is 4.50. The molecule has 0 saturated heterocycles. The normalized spacial score (nSPS) is 11.2. The molecule has 0 bridgehead atoms. The zero-order valence-corrected chi connectivity index (χ0v) is 10.8. The Labute approximate surface area is 114 Å². The SMILES string of the molecule is COc1ccc2coc(-c3nc4ccccc4o3)c2c1. The Balaban J connectivity index is 1.96. The molecule has 0 unspecified atom stereocenters. The average Bonchev–Trinajstić information content (AvgIpc) is 3.09. The third-order valence-electron chi connectivity index (χ3n) is 3.30. The standard InChI is InChI=1S/C16H11NO3/c1-18-11-7-6-10-9-19-15(12(10)8-11)16-17-13-4-2-3-5-14(13)20-16/h2-9H,1H3. The number of hydrogen-bond acceptors (Lipinski definition) is 4. The number of furan rings is 1. The van der Waals surface area contributed by atoms with E-state index in [2.05, 4.69) is 4.98 Å². The van der Waals surface area contributed by atoms with Crippen molar-refractivity contribution in [3.05, 3.63) is 48.7 Å². The van der Waals surface area contributed by atoms with E-state index in [-0.39, 0.29) is 0 Å². The lowest BCUT2D eigenvalue weighted by molar-refractivity contribution is 0.415. The van der Waals surface area contributed by atoms with E-state index in [1.807, 2.05) is 42.5 Å². The maximum absolute atomic E-state index is 5.75. The fraction of sp³-hybridized carbons (Fsp3) is 0.0625. The Hall–Kier alpha value is -2.75. The van der Waals surface area contributed by atoms with Crippen molar-refractivity contribution < 1.29 is 13.6 Å². The molecule has 0 spiro atoms. The maximum Gasteiger partial charge on any atom is 0.264 e. The fourth-order valence-electron chi connectivity index (χ4n) is 2.28. The molecule has 0 amide bonds. The van der Waals surface area contributed by atoms with Gasteiger partial charge < -0.3 is 13.6 Å². The van der Waals surface area contributed by atoms with Crippen molar-refractivity contribution >= 4 is 21.9 Å². The Kier molecular flexibility index (Phi) is 2.29. The Morgan fingerprint density at radius 2 is 2.00 bits per heavy atom. The average molecular weight is 265 g/mol. The number of ether oxygens (including phenoxy) is 1. The highest BCUT2D eigenvalue weighted by Crippen LogP contribution is 2.33. The first-order chi connectivity index (χ1) is 9.85. The molecule has 4 rings (SSSR count). The van der Waals surface area contributed by atoms with Crippen LogP contribution in [0, 0.1) is 0 Å². The van der Waals surface area contributed by atoms with Crippen molar-refractivity contribution in [2.45, 2.75) is 0 Å². The number of benzene rings is 2. The quantitative estimate of drug-likeness (QED) is 0.543. The zero-order chi connectivity index (χ0) is 13.5. The molecular weight excluding hydrogens is 254 g/mol. The minimum absolute atomic E-state index is 0.481. The Morgan fingerprint density at radius 1 is 1.10 bits per heavy atom. The van der Waals surface area contributed by atoms with Crippen molar-refractivity contribution in [1.82, 2.24) is 4.98 Å². The molecule has 0 radical (unpaired) electrons. The van der Waals surface area contributed by atoms with Crippen LogP contribution in [0.4, 0.5) is 0 Å². The van der Waals surface area contributed by atoms with Crippen LogP contribution in [0.2, 0.25) is 0 Å². The topological polar surface area (TPSA) is 48.4 Å². The summed E-state index contributed by atoms with van der Waals surface area (Å²) in [4.78, 5) is 4.46. The molecule has 0 N–H and O–H groups in total. The second-order valence-electron chi connectivity index (χ2n) is 4.50. The Bertz CT molecular complexity index is 871. The van der Waals surface area contributed by atoms with Gasteiger partial charge in [-0.3, -0.25) is 0 Å². The molecule has 2 heterocycles. The predicted molar refractivity (Wildman–Crippen MR) is 75.8 cm³/mol. The van der Waals surface area contributed by atoms with E-state index in [1.54, 1.807) is 13.4 Å². The molecule has 4 nitrogen and oxygen atoms in total. The van der Waals surface area contributed by atoms with Gasteiger partial charge in [-0.2, -0.15) is 0 Å². The number of fused-ring (bicyclic) bond motifs is 2. The van der Waals surface area contributed by atoms with Crippen LogP contribution in [0.5, 0.6) is 5.75 Å². The van der Waals surface area contributed by atoms with Crippen molar-refractivity contribution in [2.24, 2.45) is 0 Å². The summed E-state index contributed by atoms with van der Waals surface area (Å²) in [5, 5.41) is 1.92. The minimum Gasteiger partial charge on any atom is -0.497 e. The van der Waals surface area contributed by atoms with Gasteiger partial charge in [-0.05, 0) is 30.3 Å². The van der Waals surface area contributed by atoms with E-state index in [0.29, 0.717) is 11.7 Å². The number of hydrogen-bond donors (Lipinski definition) is 0. The van der Waals surface area contributed by atoms with Crippen LogP contribution in [0.25, 0.3) is 33.5 Å². The lowest BCUT2D eigenvalue weighted by Crippen LogP contribution is -1.81. The molecule has 0 saturated carbocycles. The number of para-hydroxylation sites is 2. The van der Waals surface area contributed by atoms with Gasteiger partial charge in [0.25, 0.3) is 5.89 Å². The summed E-state index contributed by atoms with van der Waals surface area (Å²) in [5.41, 5.74) is 1.56. The zero-order valence-electron chi connectivity index (χ0n) is 10.8. The summed E-state index contributed by atoms with van der Waals surface area (Å²) in [5.74, 6) is 1.88. The van der Waals surface area contributed by atoms with Gasteiger partial charge in [0.2, 0.25) is 0 Å². The summed E-state index contributed by atoms with van der Waals surface area (Å²) in [6.45, 7) is 0. The summed E-state index contributed by atoms with van der Waals surface area (Å²) >= 11 is 0. The molecule has 20 heavy (non-hydrogen) atoms. The molecular formula is C16H11NO3. The van der Waals surface area contributed by atoms with Gasteiger partial charge in [0.05, 0.1) is 13.4 Å². The van der Waals surface area contributed by atoms with Crippen LogP contribution in [-0.4, -0.2) is 12.1 Å². The van der Waals surface area contributed by atoms with Crippen LogP contribution < -0.4 is 4.74 Å². The highest BCUT2D eigenvalue weighted by Gasteiger charge is 2.15. The van der Waals surface area contributed by atoms with E-state index in [0.717, 1.165) is 27.6 Å². The highest BCUT2D eigenvalue weighted by molar-refractivity contribution is 5.94. The van der Waals surface area contributed by atoms with Gasteiger partial charge in [0.15, 0.2) is 11.3 Å². The lowest BCUT2D eigenvalue weighted by Gasteiger charge is -1.98. The number of nitrogens with zero attached hydrogens (tertiary/aromatic N) is 1. The monoisotopic (exact) mass is 265 g/mol. The number of oxazole rings is 1. The third kappa shape index (κ3) is 1.58. The van der Waals surface area contributed by atoms with E-state index >= 15 is 0 Å². The molecule has 0 atom stereocenters. The van der Waals surface area contributed by atoms with Gasteiger partial charge in [-0.1, -0.05) is 12.1 Å². The van der Waals surface area contributed by atoms with Crippen LogP contribution in [0.1, 0.15) is 0 Å². The van der Waals surface area contributed by atoms with Crippen molar-refractivity contribution in [3.63, 3.8) is 0 Å². The molecule has 2 aromatic heterocycles. The molecule has 4 aromatic rings. The molecule has 0 aliphatic carbocycles. The largest absolute Gasteiger partial charge is 0.497 e. The smallest absolute Gasteiger partial charge is 0.264 e. The van der Waals surface area contributed by atoms with Crippen molar-refractivity contribution in [1.29, 1.82) is 0 Å². The van der Waals surface area contributed by atoms with Gasteiger partial charge in [-0.25, -0.2) is 4.98 Å². The summed E-state index contributed by atoms with van der Waals surface area (Å²) < 4.78 is 16.6. The molecule has 0 aliphatic heterocycles.